The predicted molar refractivity (Wildman–Crippen MR) is 127 cm³/mol. The first-order valence-electron chi connectivity index (χ1n) is 11.7. The number of hydrogen-bond acceptors (Lipinski definition) is 6. The largest absolute Gasteiger partial charge is 0.457 e. The molecule has 4 aliphatic rings. The minimum absolute atomic E-state index is 0.0503. The molecule has 7 atom stereocenters. The van der Waals surface area contributed by atoms with Crippen LogP contribution in [-0.2, 0) is 14.3 Å². The van der Waals surface area contributed by atoms with Gasteiger partial charge in [-0.1, -0.05) is 43.3 Å². The zero-order valence-electron chi connectivity index (χ0n) is 19.8. The van der Waals surface area contributed by atoms with E-state index < -0.39 is 28.6 Å². The Balaban J connectivity index is 1.61. The van der Waals surface area contributed by atoms with Gasteiger partial charge in [0.25, 0.3) is 0 Å². The Morgan fingerprint density at radius 3 is 2.68 bits per heavy atom. The van der Waals surface area contributed by atoms with E-state index >= 15 is 4.39 Å². The molecule has 2 fully saturated rings. The number of furan rings is 1. The summed E-state index contributed by atoms with van der Waals surface area (Å²) in [6, 6.07) is 3.13. The van der Waals surface area contributed by atoms with Crippen LogP contribution in [0.15, 0.2) is 58.3 Å². The van der Waals surface area contributed by atoms with Crippen molar-refractivity contribution in [2.45, 2.75) is 51.8 Å². The fourth-order valence-corrected chi connectivity index (χ4v) is 8.08. The lowest BCUT2D eigenvalue weighted by Crippen LogP contribution is -2.58. The van der Waals surface area contributed by atoms with E-state index in [9.17, 15) is 14.4 Å². The first-order valence-corrected chi connectivity index (χ1v) is 13.0. The van der Waals surface area contributed by atoms with E-state index in [1.807, 2.05) is 26.8 Å². The molecule has 5 rings (SSSR count). The number of thioether (sulfide) groups is 1. The average molecular weight is 485 g/mol. The van der Waals surface area contributed by atoms with Crippen molar-refractivity contribution in [2.75, 3.05) is 6.26 Å². The summed E-state index contributed by atoms with van der Waals surface area (Å²) in [4.78, 5) is 38.6. The van der Waals surface area contributed by atoms with Crippen molar-refractivity contribution >= 4 is 28.6 Å². The van der Waals surface area contributed by atoms with Gasteiger partial charge in [-0.15, -0.1) is 0 Å². The number of carbonyl (C=O) groups is 3. The Morgan fingerprint density at radius 2 is 2.00 bits per heavy atom. The molecule has 0 amide bonds. The number of ketones is 1. The molecule has 0 bridgehead atoms. The lowest BCUT2D eigenvalue weighted by molar-refractivity contribution is -0.151. The fraction of sp³-hybridized carbons (Fsp3) is 0.519. The molecule has 1 heterocycles. The average Bonchev–Trinajstić information content (AvgIpc) is 3.41. The number of alkyl halides is 1. The van der Waals surface area contributed by atoms with Gasteiger partial charge < -0.3 is 9.15 Å². The number of fused-ring (bicyclic) bond motifs is 5. The normalized spacial score (nSPS) is 40.6. The lowest BCUT2D eigenvalue weighted by Gasteiger charge is -2.54. The van der Waals surface area contributed by atoms with Crippen molar-refractivity contribution in [3.05, 3.63) is 59.6 Å². The maximum absolute atomic E-state index is 15.6. The fourth-order valence-electron chi connectivity index (χ4n) is 7.30. The summed E-state index contributed by atoms with van der Waals surface area (Å²) < 4.78 is 26.9. The van der Waals surface area contributed by atoms with Crippen molar-refractivity contribution in [2.24, 2.45) is 28.6 Å². The molecule has 0 aromatic carbocycles. The van der Waals surface area contributed by atoms with Gasteiger partial charge in [-0.2, -0.15) is 0 Å². The van der Waals surface area contributed by atoms with Crippen LogP contribution in [0.4, 0.5) is 4.39 Å². The SMILES string of the molecule is CSC(=O)[C@@]1(OC(=O)c2ccco2)[C@H](C)CC2C3C[C@H](F)C4=CC(=O)C=C[C@]4(C)C3=CC[C@@]21C. The summed E-state index contributed by atoms with van der Waals surface area (Å²) in [5, 5.41) is -0.190. The topological polar surface area (TPSA) is 73.6 Å². The molecule has 180 valence electrons. The highest BCUT2D eigenvalue weighted by Crippen LogP contribution is 2.68. The first-order chi connectivity index (χ1) is 16.1. The number of halogens is 1. The van der Waals surface area contributed by atoms with Gasteiger partial charge in [-0.3, -0.25) is 9.59 Å². The first kappa shape index (κ1) is 23.3. The van der Waals surface area contributed by atoms with Crippen molar-refractivity contribution < 1.29 is 27.9 Å². The van der Waals surface area contributed by atoms with Crippen LogP contribution >= 0.6 is 11.8 Å². The number of ether oxygens (including phenoxy) is 1. The van der Waals surface area contributed by atoms with Gasteiger partial charge in [0.15, 0.2) is 11.4 Å². The molecule has 0 N–H and O–H groups in total. The molecular formula is C27H29FO5S. The molecule has 5 nitrogen and oxygen atoms in total. The second-order valence-corrected chi connectivity index (χ2v) is 11.2. The standard InChI is InChI=1S/C27H29FO5S/c1-15-12-19-17-14-21(28)20-13-16(29)7-9-25(20,2)18(17)8-10-26(19,3)27(15,24(31)34-4)33-23(30)22-6-5-11-32-22/h5-9,11,13,15,17,19,21H,10,12,14H2,1-4H3/t15-,17?,19?,21+,25-,26+,27+/m1/s1. The van der Waals surface area contributed by atoms with Crippen LogP contribution in [0.2, 0.25) is 0 Å². The number of allylic oxidation sites excluding steroid dienone is 6. The predicted octanol–water partition coefficient (Wildman–Crippen LogP) is 5.49. The maximum Gasteiger partial charge on any atom is 0.375 e. The smallest absolute Gasteiger partial charge is 0.375 e. The van der Waals surface area contributed by atoms with E-state index in [1.165, 1.54) is 24.5 Å². The lowest BCUT2D eigenvalue weighted by atomic mass is 9.51. The van der Waals surface area contributed by atoms with Gasteiger partial charge in [-0.05, 0) is 74.1 Å². The molecule has 0 radical (unpaired) electrons. The zero-order valence-corrected chi connectivity index (χ0v) is 20.6. The summed E-state index contributed by atoms with van der Waals surface area (Å²) in [7, 11) is 0. The van der Waals surface area contributed by atoms with Gasteiger partial charge in [0.2, 0.25) is 10.9 Å². The molecule has 7 heteroatoms. The van der Waals surface area contributed by atoms with Crippen LogP contribution in [0, 0.1) is 28.6 Å². The summed E-state index contributed by atoms with van der Waals surface area (Å²) in [5.74, 6) is -1.20. The third-order valence-corrected chi connectivity index (χ3v) is 9.61. The highest BCUT2D eigenvalue weighted by Gasteiger charge is 2.70. The summed E-state index contributed by atoms with van der Waals surface area (Å²) in [6.07, 6.45) is 10.2. The number of rotatable bonds is 3. The molecule has 0 saturated heterocycles. The van der Waals surface area contributed by atoms with E-state index in [1.54, 1.807) is 12.3 Å². The maximum atomic E-state index is 15.6. The molecule has 4 aliphatic carbocycles. The van der Waals surface area contributed by atoms with E-state index in [4.69, 9.17) is 9.15 Å². The Hall–Kier alpha value is -2.41. The van der Waals surface area contributed by atoms with Crippen LogP contribution in [0.5, 0.6) is 0 Å². The summed E-state index contributed by atoms with van der Waals surface area (Å²) in [5.41, 5.74) is -1.08. The van der Waals surface area contributed by atoms with Crippen LogP contribution < -0.4 is 0 Å². The Kier molecular flexibility index (Phi) is 5.36. The minimum Gasteiger partial charge on any atom is -0.457 e. The molecule has 2 unspecified atom stereocenters. The zero-order chi connectivity index (χ0) is 24.5. The van der Waals surface area contributed by atoms with Gasteiger partial charge in [0.05, 0.1) is 6.26 Å². The van der Waals surface area contributed by atoms with Crippen molar-refractivity contribution in [1.82, 2.24) is 0 Å². The molecule has 2 saturated carbocycles. The van der Waals surface area contributed by atoms with Crippen LogP contribution in [0.3, 0.4) is 0 Å². The molecular weight excluding hydrogens is 455 g/mol. The molecule has 1 aromatic rings. The number of hydrogen-bond donors (Lipinski definition) is 0. The van der Waals surface area contributed by atoms with Crippen LogP contribution in [-0.4, -0.2) is 34.9 Å². The number of esters is 1. The van der Waals surface area contributed by atoms with Crippen LogP contribution in [0.1, 0.15) is 50.6 Å². The third-order valence-electron chi connectivity index (χ3n) is 8.94. The van der Waals surface area contributed by atoms with Crippen LogP contribution in [0.25, 0.3) is 0 Å². The van der Waals surface area contributed by atoms with Crippen molar-refractivity contribution in [3.63, 3.8) is 0 Å². The third kappa shape index (κ3) is 2.95. The Bertz CT molecular complexity index is 1150. The molecule has 0 spiro atoms. The number of carbonyl (C=O) groups excluding carboxylic acids is 3. The molecule has 0 aliphatic heterocycles. The summed E-state index contributed by atoms with van der Waals surface area (Å²) in [6.45, 7) is 5.94. The quantitative estimate of drug-likeness (QED) is 0.417. The molecule has 1 aromatic heterocycles. The van der Waals surface area contributed by atoms with Gasteiger partial charge >= 0.3 is 5.97 Å². The van der Waals surface area contributed by atoms with Crippen molar-refractivity contribution in [3.8, 4) is 0 Å². The van der Waals surface area contributed by atoms with Crippen molar-refractivity contribution in [1.29, 1.82) is 0 Å². The van der Waals surface area contributed by atoms with Gasteiger partial charge in [0, 0.05) is 16.7 Å². The Labute approximate surface area is 202 Å². The van der Waals surface area contributed by atoms with E-state index in [0.717, 1.165) is 17.3 Å². The monoisotopic (exact) mass is 484 g/mol. The second kappa shape index (κ2) is 7.80. The van der Waals surface area contributed by atoms with E-state index in [2.05, 4.69) is 6.08 Å². The highest BCUT2D eigenvalue weighted by molar-refractivity contribution is 8.13. The van der Waals surface area contributed by atoms with E-state index in [0.29, 0.717) is 18.4 Å². The van der Waals surface area contributed by atoms with Gasteiger partial charge in [-0.25, -0.2) is 9.18 Å². The Morgan fingerprint density at radius 1 is 1.24 bits per heavy atom. The minimum atomic E-state index is -1.36. The van der Waals surface area contributed by atoms with E-state index in [-0.39, 0.29) is 40.8 Å². The highest BCUT2D eigenvalue weighted by atomic mass is 32.2. The van der Waals surface area contributed by atoms with Gasteiger partial charge in [0.1, 0.15) is 6.17 Å². The molecule has 34 heavy (non-hydrogen) atoms. The summed E-state index contributed by atoms with van der Waals surface area (Å²) >= 11 is 1.07. The second-order valence-electron chi connectivity index (χ2n) is 10.5.